The average molecular weight is 471 g/mol. The molecule has 1 saturated heterocycles. The quantitative estimate of drug-likeness (QED) is 0.472. The lowest BCUT2D eigenvalue weighted by Crippen LogP contribution is -2.62. The molecule has 31 heavy (non-hydrogen) atoms. The van der Waals surface area contributed by atoms with Gasteiger partial charge < -0.3 is 25.4 Å². The van der Waals surface area contributed by atoms with Crippen LogP contribution in [0.4, 0.5) is 0 Å². The lowest BCUT2D eigenvalue weighted by molar-refractivity contribution is -0.219. The zero-order chi connectivity index (χ0) is 22.9. The van der Waals surface area contributed by atoms with Gasteiger partial charge in [-0.15, -0.1) is 5.10 Å². The third-order valence-electron chi connectivity index (χ3n) is 5.06. The van der Waals surface area contributed by atoms with E-state index in [-0.39, 0.29) is 5.92 Å². The fourth-order valence-electron chi connectivity index (χ4n) is 3.65. The number of nitrogens with zero attached hydrogens (tertiary/aromatic N) is 3. The second-order valence-electron chi connectivity index (χ2n) is 7.99. The van der Waals surface area contributed by atoms with Crippen LogP contribution in [-0.4, -0.2) is 66.5 Å². The van der Waals surface area contributed by atoms with Crippen LogP contribution < -0.4 is 5.32 Å². The predicted molar refractivity (Wildman–Crippen MR) is 117 cm³/mol. The van der Waals surface area contributed by atoms with Gasteiger partial charge in [-0.05, 0) is 30.3 Å². The van der Waals surface area contributed by atoms with E-state index in [1.807, 2.05) is 36.6 Å². The van der Waals surface area contributed by atoms with Crippen LogP contribution >= 0.6 is 23.8 Å². The van der Waals surface area contributed by atoms with Crippen molar-refractivity contribution in [2.45, 2.75) is 57.9 Å². The molecule has 2 heterocycles. The number of halogens is 1. The minimum absolute atomic E-state index is 0.238. The van der Waals surface area contributed by atoms with Crippen molar-refractivity contribution in [3.63, 3.8) is 0 Å². The molecule has 11 heteroatoms. The van der Waals surface area contributed by atoms with Crippen molar-refractivity contribution < 1.29 is 24.9 Å². The minimum atomic E-state index is -1.40. The summed E-state index contributed by atoms with van der Waals surface area (Å²) in [5.74, 6) is 0.323. The van der Waals surface area contributed by atoms with Gasteiger partial charge >= 0.3 is 0 Å². The molecule has 3 rings (SSSR count). The van der Waals surface area contributed by atoms with Crippen molar-refractivity contribution in [2.24, 2.45) is 5.92 Å². The first kappa shape index (κ1) is 23.8. The number of carbonyl (C=O) groups excluding carboxylic acids is 1. The van der Waals surface area contributed by atoms with Crippen LogP contribution in [0.15, 0.2) is 24.3 Å². The number of rotatable bonds is 6. The Morgan fingerprint density at radius 1 is 1.32 bits per heavy atom. The first-order valence-corrected chi connectivity index (χ1v) is 10.8. The molecule has 1 fully saturated rings. The Hall–Kier alpha value is -1.82. The fraction of sp³-hybridized carbons (Fsp3) is 0.550. The molecule has 4 N–H and O–H groups in total. The Morgan fingerprint density at radius 3 is 2.58 bits per heavy atom. The zero-order valence-corrected chi connectivity index (χ0v) is 19.0. The number of amides is 1. The van der Waals surface area contributed by atoms with Gasteiger partial charge in [0.2, 0.25) is 10.7 Å². The highest BCUT2D eigenvalue weighted by atomic mass is 35.5. The van der Waals surface area contributed by atoms with Gasteiger partial charge in [0.15, 0.2) is 12.1 Å². The number of aromatic nitrogens is 3. The molecule has 0 bridgehead atoms. The molecule has 1 aliphatic rings. The van der Waals surface area contributed by atoms with E-state index in [2.05, 4.69) is 10.4 Å². The lowest BCUT2D eigenvalue weighted by Gasteiger charge is -2.42. The van der Waals surface area contributed by atoms with E-state index < -0.39 is 43.1 Å². The second-order valence-corrected chi connectivity index (χ2v) is 8.76. The van der Waals surface area contributed by atoms with Gasteiger partial charge in [-0.2, -0.15) is 0 Å². The van der Waals surface area contributed by atoms with Crippen molar-refractivity contribution in [3.8, 4) is 11.4 Å². The third-order valence-corrected chi connectivity index (χ3v) is 5.80. The van der Waals surface area contributed by atoms with Crippen LogP contribution in [0.2, 0.25) is 5.02 Å². The number of hydrogen-bond acceptors (Lipinski definition) is 7. The number of carbonyl (C=O) groups is 1. The van der Waals surface area contributed by atoms with Gasteiger partial charge in [-0.25, -0.2) is 4.68 Å². The third kappa shape index (κ3) is 4.84. The molecular weight excluding hydrogens is 444 g/mol. The van der Waals surface area contributed by atoms with Crippen LogP contribution in [0.1, 0.15) is 27.0 Å². The standard InChI is InChI=1S/C20H27ClN4O5S/c1-10(2)8-24-18(12-6-4-5-7-13(12)21)23-25(20(24)31)19-15(22-11(3)27)17(29)16(28)14(9-26)30-19/h4-7,10,14-17,19,26,28-29H,8-9H2,1-3H3,(H,22,27)/t14-,15-,16-,17-,19-/m1/s1. The Labute approximate surface area is 190 Å². The summed E-state index contributed by atoms with van der Waals surface area (Å²) in [7, 11) is 0. The Bertz CT molecular complexity index is 994. The number of hydrogen-bond donors (Lipinski definition) is 4. The van der Waals surface area contributed by atoms with Gasteiger partial charge in [0.05, 0.1) is 11.6 Å². The number of aliphatic hydroxyl groups is 3. The van der Waals surface area contributed by atoms with E-state index >= 15 is 0 Å². The highest BCUT2D eigenvalue weighted by Gasteiger charge is 2.46. The SMILES string of the molecule is CC(=O)N[C@@H]1[C@@H](O)[C@H](O)[C@@H](CO)O[C@H]1n1nc(-c2ccccc2Cl)n(CC(C)C)c1=S. The van der Waals surface area contributed by atoms with Crippen molar-refractivity contribution in [3.05, 3.63) is 34.1 Å². The maximum Gasteiger partial charge on any atom is 0.217 e. The van der Waals surface area contributed by atoms with Gasteiger partial charge in [0.1, 0.15) is 24.4 Å². The first-order chi connectivity index (χ1) is 14.6. The maximum atomic E-state index is 11.8. The molecule has 0 radical (unpaired) electrons. The molecule has 0 saturated carbocycles. The fourth-order valence-corrected chi connectivity index (χ4v) is 4.17. The average Bonchev–Trinajstić information content (AvgIpc) is 3.01. The highest BCUT2D eigenvalue weighted by Crippen LogP contribution is 2.32. The van der Waals surface area contributed by atoms with Crippen LogP contribution in [-0.2, 0) is 16.1 Å². The summed E-state index contributed by atoms with van der Waals surface area (Å²) in [6, 6.07) is 6.18. The minimum Gasteiger partial charge on any atom is -0.394 e. The van der Waals surface area contributed by atoms with Gasteiger partial charge in [-0.1, -0.05) is 37.6 Å². The predicted octanol–water partition coefficient (Wildman–Crippen LogP) is 1.51. The second kappa shape index (κ2) is 9.76. The lowest BCUT2D eigenvalue weighted by atomic mass is 9.96. The molecule has 9 nitrogen and oxygen atoms in total. The Kier molecular flexibility index (Phi) is 7.51. The summed E-state index contributed by atoms with van der Waals surface area (Å²) in [6.07, 6.45) is -4.93. The van der Waals surface area contributed by atoms with E-state index in [1.54, 1.807) is 6.07 Å². The van der Waals surface area contributed by atoms with Crippen LogP contribution in [0.3, 0.4) is 0 Å². The van der Waals surface area contributed by atoms with Gasteiger partial charge in [-0.3, -0.25) is 9.36 Å². The molecular formula is C20H27ClN4O5S. The van der Waals surface area contributed by atoms with Crippen molar-refractivity contribution in [1.29, 1.82) is 0 Å². The molecule has 0 spiro atoms. The number of aliphatic hydroxyl groups excluding tert-OH is 3. The molecule has 1 aromatic heterocycles. The summed E-state index contributed by atoms with van der Waals surface area (Å²) in [5, 5.41) is 38.3. The molecule has 1 amide bonds. The van der Waals surface area contributed by atoms with Crippen molar-refractivity contribution in [2.75, 3.05) is 6.61 Å². The highest BCUT2D eigenvalue weighted by molar-refractivity contribution is 7.71. The van der Waals surface area contributed by atoms with Crippen molar-refractivity contribution >= 4 is 29.7 Å². The molecule has 5 atom stereocenters. The summed E-state index contributed by atoms with van der Waals surface area (Å²) < 4.78 is 9.35. The maximum absolute atomic E-state index is 11.8. The van der Waals surface area contributed by atoms with Crippen molar-refractivity contribution in [1.82, 2.24) is 19.7 Å². The number of ether oxygens (including phenoxy) is 1. The van der Waals surface area contributed by atoms with E-state index in [4.69, 9.17) is 28.6 Å². The normalized spacial score (nSPS) is 26.3. The van der Waals surface area contributed by atoms with E-state index in [0.29, 0.717) is 27.7 Å². The van der Waals surface area contributed by atoms with Crippen LogP contribution in [0, 0.1) is 10.7 Å². The largest absolute Gasteiger partial charge is 0.394 e. The van der Waals surface area contributed by atoms with E-state index in [0.717, 1.165) is 0 Å². The Morgan fingerprint density at radius 2 is 2.00 bits per heavy atom. The van der Waals surface area contributed by atoms with Gasteiger partial charge in [0.25, 0.3) is 0 Å². The molecule has 1 aromatic carbocycles. The number of benzene rings is 1. The van der Waals surface area contributed by atoms with E-state index in [1.165, 1.54) is 11.6 Å². The van der Waals surface area contributed by atoms with Gasteiger partial charge in [0, 0.05) is 19.0 Å². The molecule has 1 aliphatic heterocycles. The molecule has 2 aromatic rings. The molecule has 0 aliphatic carbocycles. The Balaban J connectivity index is 2.16. The van der Waals surface area contributed by atoms with Crippen LogP contribution in [0.5, 0.6) is 0 Å². The summed E-state index contributed by atoms with van der Waals surface area (Å²) in [5.41, 5.74) is 0.667. The zero-order valence-electron chi connectivity index (χ0n) is 17.5. The summed E-state index contributed by atoms with van der Waals surface area (Å²) in [4.78, 5) is 11.8. The summed E-state index contributed by atoms with van der Waals surface area (Å²) >= 11 is 12.1. The molecule has 170 valence electrons. The topological polar surface area (TPSA) is 122 Å². The summed E-state index contributed by atoms with van der Waals surface area (Å²) in [6.45, 7) is 5.38. The molecule has 0 unspecified atom stereocenters. The first-order valence-electron chi connectivity index (χ1n) is 9.99. The van der Waals surface area contributed by atoms with Crippen LogP contribution in [0.25, 0.3) is 11.4 Å². The smallest absolute Gasteiger partial charge is 0.217 e. The number of nitrogens with one attached hydrogen (secondary N) is 1. The monoisotopic (exact) mass is 470 g/mol. The van der Waals surface area contributed by atoms with E-state index in [9.17, 15) is 20.1 Å².